The number of carbonyl (C=O) groups excluding carboxylic acids is 1. The van der Waals surface area contributed by atoms with Gasteiger partial charge in [0.15, 0.2) is 0 Å². The summed E-state index contributed by atoms with van der Waals surface area (Å²) in [5.41, 5.74) is 1.26. The number of esters is 1. The van der Waals surface area contributed by atoms with Crippen molar-refractivity contribution in [3.8, 4) is 5.75 Å². The van der Waals surface area contributed by atoms with Crippen molar-refractivity contribution in [1.29, 1.82) is 0 Å². The van der Waals surface area contributed by atoms with Gasteiger partial charge in [0.2, 0.25) is 0 Å². The molecule has 0 saturated carbocycles. The fourth-order valence-electron chi connectivity index (χ4n) is 1.92. The maximum absolute atomic E-state index is 11.8. The zero-order chi connectivity index (χ0) is 14.2. The van der Waals surface area contributed by atoms with Crippen LogP contribution in [0, 0.1) is 0 Å². The van der Waals surface area contributed by atoms with Gasteiger partial charge in [-0.25, -0.2) is 0 Å². The van der Waals surface area contributed by atoms with Crippen LogP contribution in [0.15, 0.2) is 60.7 Å². The van der Waals surface area contributed by atoms with Crippen LogP contribution in [0.2, 0.25) is 0 Å². The van der Waals surface area contributed by atoms with Crippen LogP contribution in [0.25, 0.3) is 0 Å². The fraction of sp³-hybridized carbons (Fsp3) is 0.235. The molecule has 1 atom stereocenters. The van der Waals surface area contributed by atoms with Gasteiger partial charge < -0.3 is 4.74 Å². The molecule has 0 N–H and O–H groups in total. The van der Waals surface area contributed by atoms with Crippen LogP contribution in [0.4, 0.5) is 0 Å². The Morgan fingerprint density at radius 2 is 1.60 bits per heavy atom. The number of halogens is 1. The quantitative estimate of drug-likeness (QED) is 0.452. The van der Waals surface area contributed by atoms with E-state index in [0.717, 1.165) is 12.8 Å². The van der Waals surface area contributed by atoms with Crippen molar-refractivity contribution in [3.05, 3.63) is 66.2 Å². The van der Waals surface area contributed by atoms with E-state index in [1.54, 1.807) is 12.1 Å². The molecule has 20 heavy (non-hydrogen) atoms. The maximum Gasteiger partial charge on any atom is 0.329 e. The summed E-state index contributed by atoms with van der Waals surface area (Å²) in [6.07, 6.45) is 2.40. The molecule has 0 fully saturated rings. The van der Waals surface area contributed by atoms with Crippen LogP contribution in [0.1, 0.15) is 18.4 Å². The Morgan fingerprint density at radius 3 is 2.25 bits per heavy atom. The van der Waals surface area contributed by atoms with Crippen LogP contribution in [0.3, 0.4) is 0 Å². The molecule has 3 heteroatoms. The molecular formula is C17H17ClO2. The second kappa shape index (κ2) is 7.71. The molecule has 0 amide bonds. The lowest BCUT2D eigenvalue weighted by atomic mass is 10.1. The van der Waals surface area contributed by atoms with E-state index in [0.29, 0.717) is 12.2 Å². The first-order valence-electron chi connectivity index (χ1n) is 6.70. The molecule has 2 aromatic carbocycles. The SMILES string of the molecule is O=C(Oc1ccccc1)[C@@H](Cl)CCCc1ccccc1. The van der Waals surface area contributed by atoms with Gasteiger partial charge in [0.1, 0.15) is 11.1 Å². The lowest BCUT2D eigenvalue weighted by molar-refractivity contribution is -0.134. The van der Waals surface area contributed by atoms with Gasteiger partial charge in [-0.3, -0.25) is 4.79 Å². The highest BCUT2D eigenvalue weighted by atomic mass is 35.5. The Morgan fingerprint density at radius 1 is 1.00 bits per heavy atom. The minimum Gasteiger partial charge on any atom is -0.425 e. The molecule has 0 bridgehead atoms. The minimum atomic E-state index is -0.598. The van der Waals surface area contributed by atoms with Gasteiger partial charge in [-0.2, -0.15) is 0 Å². The van der Waals surface area contributed by atoms with Crippen molar-refractivity contribution >= 4 is 17.6 Å². The molecule has 0 aromatic heterocycles. The second-order valence-electron chi connectivity index (χ2n) is 4.58. The number of carbonyl (C=O) groups is 1. The average molecular weight is 289 g/mol. The van der Waals surface area contributed by atoms with Gasteiger partial charge in [0.25, 0.3) is 0 Å². The van der Waals surface area contributed by atoms with Crippen molar-refractivity contribution < 1.29 is 9.53 Å². The highest BCUT2D eigenvalue weighted by Crippen LogP contribution is 2.15. The van der Waals surface area contributed by atoms with E-state index in [1.807, 2.05) is 36.4 Å². The second-order valence-corrected chi connectivity index (χ2v) is 5.11. The van der Waals surface area contributed by atoms with Crippen LogP contribution >= 0.6 is 11.6 Å². The highest BCUT2D eigenvalue weighted by Gasteiger charge is 2.17. The van der Waals surface area contributed by atoms with E-state index in [9.17, 15) is 4.79 Å². The summed E-state index contributed by atoms with van der Waals surface area (Å²) < 4.78 is 5.21. The summed E-state index contributed by atoms with van der Waals surface area (Å²) in [4.78, 5) is 11.8. The number of alkyl halides is 1. The summed E-state index contributed by atoms with van der Waals surface area (Å²) in [5, 5.41) is -0.598. The summed E-state index contributed by atoms with van der Waals surface area (Å²) in [7, 11) is 0. The predicted molar refractivity (Wildman–Crippen MR) is 81.1 cm³/mol. The molecule has 0 radical (unpaired) electrons. The van der Waals surface area contributed by atoms with E-state index in [1.165, 1.54) is 5.56 Å². The molecule has 0 saturated heterocycles. The monoisotopic (exact) mass is 288 g/mol. The van der Waals surface area contributed by atoms with E-state index in [4.69, 9.17) is 16.3 Å². The first-order chi connectivity index (χ1) is 9.75. The van der Waals surface area contributed by atoms with Crippen molar-refractivity contribution in [2.24, 2.45) is 0 Å². The number of para-hydroxylation sites is 1. The lowest BCUT2D eigenvalue weighted by Gasteiger charge is -2.09. The van der Waals surface area contributed by atoms with Crippen LogP contribution in [-0.4, -0.2) is 11.3 Å². The van der Waals surface area contributed by atoms with Crippen LogP contribution in [-0.2, 0) is 11.2 Å². The Bertz CT molecular complexity index is 525. The first kappa shape index (κ1) is 14.6. The summed E-state index contributed by atoms with van der Waals surface area (Å²) in [5.74, 6) is 0.150. The van der Waals surface area contributed by atoms with Gasteiger partial charge in [0.05, 0.1) is 0 Å². The normalized spacial score (nSPS) is 11.8. The van der Waals surface area contributed by atoms with Crippen molar-refractivity contribution in [2.75, 3.05) is 0 Å². The molecule has 104 valence electrons. The largest absolute Gasteiger partial charge is 0.425 e. The van der Waals surface area contributed by atoms with Gasteiger partial charge in [0, 0.05) is 0 Å². The molecule has 2 nitrogen and oxygen atoms in total. The van der Waals surface area contributed by atoms with Gasteiger partial charge >= 0.3 is 5.97 Å². The van der Waals surface area contributed by atoms with E-state index in [2.05, 4.69) is 12.1 Å². The number of rotatable bonds is 6. The van der Waals surface area contributed by atoms with Crippen molar-refractivity contribution in [3.63, 3.8) is 0 Å². The van der Waals surface area contributed by atoms with E-state index >= 15 is 0 Å². The summed E-state index contributed by atoms with van der Waals surface area (Å²) >= 11 is 6.07. The first-order valence-corrected chi connectivity index (χ1v) is 7.14. The average Bonchev–Trinajstić information content (AvgIpc) is 2.49. The maximum atomic E-state index is 11.8. The Labute approximate surface area is 124 Å². The number of hydrogen-bond donors (Lipinski definition) is 0. The standard InChI is InChI=1S/C17H17ClO2/c18-16(13-7-10-14-8-3-1-4-9-14)17(19)20-15-11-5-2-6-12-15/h1-6,8-9,11-12,16H,7,10,13H2/t16-/m0/s1. The Hall–Kier alpha value is -1.80. The third-order valence-electron chi connectivity index (χ3n) is 2.98. The molecule has 2 rings (SSSR count). The Kier molecular flexibility index (Phi) is 5.63. The zero-order valence-electron chi connectivity index (χ0n) is 11.2. The highest BCUT2D eigenvalue weighted by molar-refractivity contribution is 6.30. The predicted octanol–water partition coefficient (Wildman–Crippen LogP) is 4.22. The molecule has 0 aliphatic carbocycles. The van der Waals surface area contributed by atoms with E-state index in [-0.39, 0.29) is 5.97 Å². The van der Waals surface area contributed by atoms with Gasteiger partial charge in [-0.1, -0.05) is 48.5 Å². The summed E-state index contributed by atoms with van der Waals surface area (Å²) in [6.45, 7) is 0. The molecule has 0 unspecified atom stereocenters. The number of aryl methyl sites for hydroxylation is 1. The zero-order valence-corrected chi connectivity index (χ0v) is 11.9. The molecule has 0 aliphatic rings. The number of hydrogen-bond acceptors (Lipinski definition) is 2. The fourth-order valence-corrected chi connectivity index (χ4v) is 2.12. The molecule has 0 heterocycles. The third-order valence-corrected chi connectivity index (χ3v) is 3.38. The smallest absolute Gasteiger partial charge is 0.329 e. The summed E-state index contributed by atoms with van der Waals surface area (Å²) in [6, 6.07) is 19.2. The Balaban J connectivity index is 1.74. The topological polar surface area (TPSA) is 26.3 Å². The number of benzene rings is 2. The molecule has 0 aliphatic heterocycles. The van der Waals surface area contributed by atoms with Crippen molar-refractivity contribution in [2.45, 2.75) is 24.6 Å². The van der Waals surface area contributed by atoms with Gasteiger partial charge in [-0.05, 0) is 37.0 Å². The third kappa shape index (κ3) is 4.71. The van der Waals surface area contributed by atoms with Crippen LogP contribution < -0.4 is 4.74 Å². The van der Waals surface area contributed by atoms with Crippen molar-refractivity contribution in [1.82, 2.24) is 0 Å². The van der Waals surface area contributed by atoms with E-state index < -0.39 is 5.38 Å². The lowest BCUT2D eigenvalue weighted by Crippen LogP contribution is -2.20. The van der Waals surface area contributed by atoms with Gasteiger partial charge in [-0.15, -0.1) is 11.6 Å². The van der Waals surface area contributed by atoms with Crippen LogP contribution in [0.5, 0.6) is 5.75 Å². The number of ether oxygens (including phenoxy) is 1. The molecular weight excluding hydrogens is 272 g/mol. The molecule has 0 spiro atoms. The minimum absolute atomic E-state index is 0.383. The molecule has 2 aromatic rings.